The van der Waals surface area contributed by atoms with E-state index < -0.39 is 17.8 Å². The third-order valence-corrected chi connectivity index (χ3v) is 5.23. The van der Waals surface area contributed by atoms with Crippen LogP contribution < -0.4 is 0 Å². The van der Waals surface area contributed by atoms with E-state index in [1.54, 1.807) is 56.7 Å². The van der Waals surface area contributed by atoms with Gasteiger partial charge in [-0.25, -0.2) is 0 Å². The van der Waals surface area contributed by atoms with Crippen molar-refractivity contribution in [2.24, 2.45) is 7.05 Å². The third kappa shape index (κ3) is 3.99. The number of rotatable bonds is 5. The van der Waals surface area contributed by atoms with Gasteiger partial charge in [0, 0.05) is 38.4 Å². The average Bonchev–Trinajstić information content (AvgIpc) is 3.21. The fraction of sp³-hybridized carbons (Fsp3) is 0.364. The zero-order valence-corrected chi connectivity index (χ0v) is 17.7. The van der Waals surface area contributed by atoms with Crippen LogP contribution in [0.15, 0.2) is 42.6 Å². The van der Waals surface area contributed by atoms with Gasteiger partial charge in [-0.2, -0.15) is 18.3 Å². The Morgan fingerprint density at radius 1 is 1.17 bits per heavy atom. The second-order valence-corrected chi connectivity index (χ2v) is 7.65. The predicted octanol–water partition coefficient (Wildman–Crippen LogP) is 4.74. The van der Waals surface area contributed by atoms with Gasteiger partial charge in [0.1, 0.15) is 11.4 Å². The van der Waals surface area contributed by atoms with Crippen molar-refractivity contribution in [1.82, 2.24) is 19.2 Å². The molecule has 0 fully saturated rings. The maximum Gasteiger partial charge on any atom is 0.431 e. The van der Waals surface area contributed by atoms with Crippen LogP contribution in [0.5, 0.6) is 0 Å². The zero-order chi connectivity index (χ0) is 22.2. The maximum absolute atomic E-state index is 14.2. The Kier molecular flexibility index (Phi) is 5.78. The Balaban J connectivity index is 2.35. The van der Waals surface area contributed by atoms with Crippen molar-refractivity contribution < 1.29 is 18.0 Å². The van der Waals surface area contributed by atoms with Gasteiger partial charge >= 0.3 is 6.18 Å². The first-order valence-electron chi connectivity index (χ1n) is 9.63. The summed E-state index contributed by atoms with van der Waals surface area (Å²) in [5.41, 5.74) is 0.403. The summed E-state index contributed by atoms with van der Waals surface area (Å²) in [5, 5.41) is 4.30. The molecular weight excluding hydrogens is 393 g/mol. The standard InChI is InChI=1S/C22H25F3N4O/c1-14(2)28(5)21(30)19-18(17-11-12-27(4)26-17)15(3)20(22(23,24)25)29(19)13-16-9-7-6-8-10-16/h6-12,14H,13H2,1-5H3. The molecule has 0 N–H and O–H groups in total. The molecule has 1 amide bonds. The monoisotopic (exact) mass is 418 g/mol. The van der Waals surface area contributed by atoms with Crippen LogP contribution >= 0.6 is 0 Å². The van der Waals surface area contributed by atoms with Crippen LogP contribution in [0.25, 0.3) is 11.3 Å². The molecule has 0 unspecified atom stereocenters. The lowest BCUT2D eigenvalue weighted by Gasteiger charge is -2.24. The molecule has 0 aliphatic rings. The van der Waals surface area contributed by atoms with E-state index in [-0.39, 0.29) is 29.4 Å². The van der Waals surface area contributed by atoms with Gasteiger partial charge in [0.25, 0.3) is 5.91 Å². The highest BCUT2D eigenvalue weighted by Crippen LogP contribution is 2.41. The molecule has 2 aromatic heterocycles. The third-order valence-electron chi connectivity index (χ3n) is 5.23. The van der Waals surface area contributed by atoms with Crippen LogP contribution in [0.2, 0.25) is 0 Å². The molecule has 0 radical (unpaired) electrons. The van der Waals surface area contributed by atoms with E-state index in [1.165, 1.54) is 16.5 Å². The van der Waals surface area contributed by atoms with E-state index >= 15 is 0 Å². The lowest BCUT2D eigenvalue weighted by Crippen LogP contribution is -2.35. The summed E-state index contributed by atoms with van der Waals surface area (Å²) in [6.07, 6.45) is -2.98. The minimum Gasteiger partial charge on any atom is -0.338 e. The zero-order valence-electron chi connectivity index (χ0n) is 17.7. The maximum atomic E-state index is 14.2. The molecular formula is C22H25F3N4O. The Morgan fingerprint density at radius 2 is 1.80 bits per heavy atom. The number of alkyl halides is 3. The summed E-state index contributed by atoms with van der Waals surface area (Å²) in [5.74, 6) is -0.472. The van der Waals surface area contributed by atoms with E-state index in [0.717, 1.165) is 4.57 Å². The molecule has 0 aliphatic carbocycles. The quantitative estimate of drug-likeness (QED) is 0.601. The van der Waals surface area contributed by atoms with Crippen LogP contribution in [-0.2, 0) is 19.8 Å². The molecule has 0 bridgehead atoms. The lowest BCUT2D eigenvalue weighted by molar-refractivity contribution is -0.143. The van der Waals surface area contributed by atoms with Crippen LogP contribution in [0, 0.1) is 6.92 Å². The number of aromatic nitrogens is 3. The molecule has 0 saturated carbocycles. The average molecular weight is 418 g/mol. The molecule has 8 heteroatoms. The highest BCUT2D eigenvalue weighted by Gasteiger charge is 2.42. The van der Waals surface area contributed by atoms with E-state index in [0.29, 0.717) is 11.3 Å². The normalized spacial score (nSPS) is 11.9. The van der Waals surface area contributed by atoms with E-state index in [4.69, 9.17) is 0 Å². The van der Waals surface area contributed by atoms with Gasteiger partial charge in [-0.05, 0) is 38.0 Å². The molecule has 0 atom stereocenters. The number of aryl methyl sites for hydroxylation is 1. The van der Waals surface area contributed by atoms with Crippen LogP contribution in [-0.4, -0.2) is 38.2 Å². The van der Waals surface area contributed by atoms with Crippen molar-refractivity contribution in [2.75, 3.05) is 7.05 Å². The molecule has 1 aromatic carbocycles. The van der Waals surface area contributed by atoms with Crippen molar-refractivity contribution in [3.63, 3.8) is 0 Å². The van der Waals surface area contributed by atoms with Gasteiger partial charge in [0.2, 0.25) is 0 Å². The Labute approximate surface area is 173 Å². The summed E-state index contributed by atoms with van der Waals surface area (Å²) < 4.78 is 45.1. The number of hydrogen-bond donors (Lipinski definition) is 0. The van der Waals surface area contributed by atoms with Crippen LogP contribution in [0.4, 0.5) is 13.2 Å². The summed E-state index contributed by atoms with van der Waals surface area (Å²) in [6.45, 7) is 4.97. The largest absolute Gasteiger partial charge is 0.431 e. The molecule has 0 aliphatic heterocycles. The smallest absolute Gasteiger partial charge is 0.338 e. The summed E-state index contributed by atoms with van der Waals surface area (Å²) in [4.78, 5) is 14.8. The van der Waals surface area contributed by atoms with E-state index in [9.17, 15) is 18.0 Å². The Bertz CT molecular complexity index is 1050. The fourth-order valence-electron chi connectivity index (χ4n) is 3.52. The van der Waals surface area contributed by atoms with Crippen molar-refractivity contribution in [1.29, 1.82) is 0 Å². The number of benzene rings is 1. The van der Waals surface area contributed by atoms with Gasteiger partial charge in [0.05, 0.1) is 5.69 Å². The first-order chi connectivity index (χ1) is 14.0. The predicted molar refractivity (Wildman–Crippen MR) is 109 cm³/mol. The number of amides is 1. The lowest BCUT2D eigenvalue weighted by atomic mass is 10.1. The highest BCUT2D eigenvalue weighted by molar-refractivity contribution is 6.00. The second-order valence-electron chi connectivity index (χ2n) is 7.65. The first-order valence-corrected chi connectivity index (χ1v) is 9.63. The molecule has 30 heavy (non-hydrogen) atoms. The Morgan fingerprint density at radius 3 is 2.30 bits per heavy atom. The summed E-state index contributed by atoms with van der Waals surface area (Å²) in [7, 11) is 3.28. The van der Waals surface area contributed by atoms with Gasteiger partial charge < -0.3 is 9.47 Å². The van der Waals surface area contributed by atoms with Crippen molar-refractivity contribution >= 4 is 5.91 Å². The van der Waals surface area contributed by atoms with E-state index in [1.807, 2.05) is 13.8 Å². The van der Waals surface area contributed by atoms with Gasteiger partial charge in [0.15, 0.2) is 0 Å². The first kappa shape index (κ1) is 21.7. The summed E-state index contributed by atoms with van der Waals surface area (Å²) in [6, 6.07) is 10.3. The van der Waals surface area contributed by atoms with Crippen molar-refractivity contribution in [3.05, 3.63) is 65.1 Å². The van der Waals surface area contributed by atoms with Crippen molar-refractivity contribution in [2.45, 2.75) is 39.5 Å². The molecule has 160 valence electrons. The molecule has 3 aromatic rings. The molecule has 3 rings (SSSR count). The molecule has 5 nitrogen and oxygen atoms in total. The van der Waals surface area contributed by atoms with Gasteiger partial charge in [-0.1, -0.05) is 30.3 Å². The molecule has 0 saturated heterocycles. The summed E-state index contributed by atoms with van der Waals surface area (Å²) >= 11 is 0. The SMILES string of the molecule is Cc1c(-c2ccn(C)n2)c(C(=O)N(C)C(C)C)n(Cc2ccccc2)c1C(F)(F)F. The number of carbonyl (C=O) groups excluding carboxylic acids is 1. The fourth-order valence-corrected chi connectivity index (χ4v) is 3.52. The second kappa shape index (κ2) is 8.01. The highest BCUT2D eigenvalue weighted by atomic mass is 19.4. The number of hydrogen-bond acceptors (Lipinski definition) is 2. The minimum atomic E-state index is -4.63. The minimum absolute atomic E-state index is 0.00132. The van der Waals surface area contributed by atoms with Gasteiger partial charge in [-0.3, -0.25) is 9.48 Å². The number of nitrogens with zero attached hydrogens (tertiary/aromatic N) is 4. The number of halogens is 3. The molecule has 0 spiro atoms. The number of carbonyl (C=O) groups is 1. The van der Waals surface area contributed by atoms with Crippen molar-refractivity contribution in [3.8, 4) is 11.3 Å². The van der Waals surface area contributed by atoms with Gasteiger partial charge in [-0.15, -0.1) is 0 Å². The topological polar surface area (TPSA) is 43.1 Å². The Hall–Kier alpha value is -3.03. The molecule has 2 heterocycles. The van der Waals surface area contributed by atoms with Crippen LogP contribution in [0.1, 0.15) is 41.2 Å². The van der Waals surface area contributed by atoms with Crippen LogP contribution in [0.3, 0.4) is 0 Å². The van der Waals surface area contributed by atoms with E-state index in [2.05, 4.69) is 5.10 Å².